The van der Waals surface area contributed by atoms with E-state index < -0.39 is 10.8 Å². The highest BCUT2D eigenvalue weighted by molar-refractivity contribution is 5.92. The average Bonchev–Trinajstić information content (AvgIpc) is 3.33. The van der Waals surface area contributed by atoms with Crippen molar-refractivity contribution in [2.24, 2.45) is 5.10 Å². The van der Waals surface area contributed by atoms with Gasteiger partial charge in [-0.2, -0.15) is 10.2 Å². The van der Waals surface area contributed by atoms with Gasteiger partial charge in [0.25, 0.3) is 0 Å². The number of hydrazone groups is 1. The molecule has 10 heteroatoms. The summed E-state index contributed by atoms with van der Waals surface area (Å²) in [7, 11) is 0. The lowest BCUT2D eigenvalue weighted by Gasteiger charge is -2.02. The molecule has 1 amide bonds. The third-order valence-corrected chi connectivity index (χ3v) is 3.60. The molecule has 0 bridgehead atoms. The van der Waals surface area contributed by atoms with Crippen LogP contribution in [0.4, 0.5) is 5.69 Å². The van der Waals surface area contributed by atoms with Crippen LogP contribution < -0.4 is 10.2 Å². The van der Waals surface area contributed by atoms with Crippen LogP contribution in [0.1, 0.15) is 28.8 Å². The van der Waals surface area contributed by atoms with Gasteiger partial charge in [0.15, 0.2) is 5.76 Å². The SMILES string of the molecule is CCOc1ccc(/C=N\NC(=O)c2ccc(Cn3cc([N+](=O)[O-])cn3)o2)cc1. The Kier molecular flexibility index (Phi) is 5.80. The topological polar surface area (TPSA) is 125 Å². The van der Waals surface area contributed by atoms with Crippen LogP contribution in [-0.2, 0) is 6.54 Å². The minimum absolute atomic E-state index is 0.0699. The van der Waals surface area contributed by atoms with E-state index in [1.807, 2.05) is 31.2 Å². The molecule has 0 atom stereocenters. The van der Waals surface area contributed by atoms with Gasteiger partial charge < -0.3 is 9.15 Å². The first-order valence-corrected chi connectivity index (χ1v) is 8.37. The first-order valence-electron chi connectivity index (χ1n) is 8.37. The summed E-state index contributed by atoms with van der Waals surface area (Å²) in [6.07, 6.45) is 3.93. The van der Waals surface area contributed by atoms with Crippen molar-refractivity contribution in [3.8, 4) is 5.75 Å². The maximum Gasteiger partial charge on any atom is 0.307 e. The Balaban J connectivity index is 1.55. The lowest BCUT2D eigenvalue weighted by Crippen LogP contribution is -2.16. The number of nitrogens with one attached hydrogen (secondary N) is 1. The molecule has 2 heterocycles. The molecule has 28 heavy (non-hydrogen) atoms. The molecule has 0 fully saturated rings. The van der Waals surface area contributed by atoms with Crippen LogP contribution in [0, 0.1) is 10.1 Å². The number of benzene rings is 1. The van der Waals surface area contributed by atoms with Crippen LogP contribution >= 0.6 is 0 Å². The fourth-order valence-corrected chi connectivity index (χ4v) is 2.32. The number of nitro groups is 1. The van der Waals surface area contributed by atoms with E-state index in [0.29, 0.717) is 12.4 Å². The molecule has 0 radical (unpaired) electrons. The highest BCUT2D eigenvalue weighted by Gasteiger charge is 2.13. The Morgan fingerprint density at radius 2 is 2.14 bits per heavy atom. The summed E-state index contributed by atoms with van der Waals surface area (Å²) in [5.74, 6) is 0.744. The molecule has 1 aromatic carbocycles. The molecule has 2 aromatic heterocycles. The molecule has 0 spiro atoms. The Hall–Kier alpha value is -3.95. The Labute approximate surface area is 159 Å². The number of carbonyl (C=O) groups excluding carboxylic acids is 1. The molecule has 0 saturated heterocycles. The quantitative estimate of drug-likeness (QED) is 0.362. The molecule has 144 valence electrons. The van der Waals surface area contributed by atoms with E-state index in [4.69, 9.17) is 9.15 Å². The van der Waals surface area contributed by atoms with Crippen molar-refractivity contribution in [2.45, 2.75) is 13.5 Å². The molecule has 0 aliphatic heterocycles. The second-order valence-corrected chi connectivity index (χ2v) is 5.62. The molecular formula is C18H17N5O5. The number of furan rings is 1. The van der Waals surface area contributed by atoms with Crippen molar-refractivity contribution in [1.82, 2.24) is 15.2 Å². The zero-order valence-electron chi connectivity index (χ0n) is 14.9. The van der Waals surface area contributed by atoms with Crippen LogP contribution in [-0.4, -0.2) is 33.4 Å². The first kappa shape index (κ1) is 18.8. The van der Waals surface area contributed by atoms with Gasteiger partial charge in [-0.15, -0.1) is 0 Å². The van der Waals surface area contributed by atoms with Gasteiger partial charge in [0.2, 0.25) is 0 Å². The lowest BCUT2D eigenvalue weighted by molar-refractivity contribution is -0.385. The van der Waals surface area contributed by atoms with E-state index in [0.717, 1.165) is 17.5 Å². The molecule has 0 aliphatic rings. The van der Waals surface area contributed by atoms with Gasteiger partial charge in [-0.3, -0.25) is 19.6 Å². The zero-order chi connectivity index (χ0) is 19.9. The van der Waals surface area contributed by atoms with Gasteiger partial charge in [-0.1, -0.05) is 0 Å². The van der Waals surface area contributed by atoms with Crippen molar-refractivity contribution in [3.05, 3.63) is 76.0 Å². The third kappa shape index (κ3) is 4.81. The monoisotopic (exact) mass is 383 g/mol. The second kappa shape index (κ2) is 8.62. The fraction of sp³-hybridized carbons (Fsp3) is 0.167. The normalized spacial score (nSPS) is 10.9. The molecule has 10 nitrogen and oxygen atoms in total. The van der Waals surface area contributed by atoms with E-state index in [9.17, 15) is 14.9 Å². The van der Waals surface area contributed by atoms with Gasteiger partial charge >= 0.3 is 11.6 Å². The largest absolute Gasteiger partial charge is 0.494 e. The summed E-state index contributed by atoms with van der Waals surface area (Å²) in [6.45, 7) is 2.66. The average molecular weight is 383 g/mol. The molecule has 0 aliphatic carbocycles. The van der Waals surface area contributed by atoms with E-state index in [-0.39, 0.29) is 18.0 Å². The predicted octanol–water partition coefficient (Wildman–Crippen LogP) is 2.60. The van der Waals surface area contributed by atoms with E-state index in [2.05, 4.69) is 15.6 Å². The second-order valence-electron chi connectivity index (χ2n) is 5.62. The standard InChI is InChI=1S/C18H17N5O5/c1-2-27-15-5-3-13(4-6-15)9-19-21-18(24)17-8-7-16(28-17)12-22-11-14(10-20-22)23(25)26/h3-11H,2,12H2,1H3,(H,21,24)/b19-9-. The Bertz CT molecular complexity index is 990. The maximum atomic E-state index is 12.1. The summed E-state index contributed by atoms with van der Waals surface area (Å²) in [5, 5.41) is 18.4. The highest BCUT2D eigenvalue weighted by atomic mass is 16.6. The highest BCUT2D eigenvalue weighted by Crippen LogP contribution is 2.13. The Morgan fingerprint density at radius 3 is 2.82 bits per heavy atom. The van der Waals surface area contributed by atoms with Gasteiger partial charge in [0.1, 0.15) is 23.9 Å². The van der Waals surface area contributed by atoms with Crippen LogP contribution in [0.5, 0.6) is 5.75 Å². The number of hydrogen-bond acceptors (Lipinski definition) is 7. The summed E-state index contributed by atoms with van der Waals surface area (Å²) < 4.78 is 12.1. The smallest absolute Gasteiger partial charge is 0.307 e. The van der Waals surface area contributed by atoms with E-state index >= 15 is 0 Å². The molecule has 0 unspecified atom stereocenters. The van der Waals surface area contributed by atoms with E-state index in [1.54, 1.807) is 6.07 Å². The number of ether oxygens (including phenoxy) is 1. The summed E-state index contributed by atoms with van der Waals surface area (Å²) in [4.78, 5) is 22.2. The number of amides is 1. The van der Waals surface area contributed by atoms with Crippen LogP contribution in [0.25, 0.3) is 0 Å². The van der Waals surface area contributed by atoms with Crippen molar-refractivity contribution >= 4 is 17.8 Å². The zero-order valence-corrected chi connectivity index (χ0v) is 14.9. The van der Waals surface area contributed by atoms with Crippen LogP contribution in [0.2, 0.25) is 0 Å². The van der Waals surface area contributed by atoms with Crippen molar-refractivity contribution < 1.29 is 18.9 Å². The van der Waals surface area contributed by atoms with Crippen molar-refractivity contribution in [3.63, 3.8) is 0 Å². The van der Waals surface area contributed by atoms with Crippen LogP contribution in [0.3, 0.4) is 0 Å². The number of aromatic nitrogens is 2. The Morgan fingerprint density at radius 1 is 1.36 bits per heavy atom. The van der Waals surface area contributed by atoms with E-state index in [1.165, 1.54) is 23.2 Å². The van der Waals surface area contributed by atoms with Gasteiger partial charge in [-0.05, 0) is 48.9 Å². The predicted molar refractivity (Wildman–Crippen MR) is 99.4 cm³/mol. The minimum atomic E-state index is -0.535. The van der Waals surface area contributed by atoms with Gasteiger partial charge in [-0.25, -0.2) is 5.43 Å². The van der Waals surface area contributed by atoms with Crippen LogP contribution in [0.15, 0.2) is 58.3 Å². The van der Waals surface area contributed by atoms with Crippen molar-refractivity contribution in [1.29, 1.82) is 0 Å². The van der Waals surface area contributed by atoms with Gasteiger partial charge in [0.05, 0.1) is 24.3 Å². The number of hydrogen-bond donors (Lipinski definition) is 1. The molecular weight excluding hydrogens is 366 g/mol. The number of rotatable bonds is 8. The molecule has 0 saturated carbocycles. The molecule has 1 N–H and O–H groups in total. The summed E-state index contributed by atoms with van der Waals surface area (Å²) in [6, 6.07) is 10.3. The molecule has 3 rings (SSSR count). The number of nitrogens with zero attached hydrogens (tertiary/aromatic N) is 4. The minimum Gasteiger partial charge on any atom is -0.494 e. The third-order valence-electron chi connectivity index (χ3n) is 3.60. The maximum absolute atomic E-state index is 12.1. The lowest BCUT2D eigenvalue weighted by atomic mass is 10.2. The fourth-order valence-electron chi connectivity index (χ4n) is 2.32. The summed E-state index contributed by atoms with van der Waals surface area (Å²) in [5.41, 5.74) is 3.06. The number of carbonyl (C=O) groups is 1. The van der Waals surface area contributed by atoms with Gasteiger partial charge in [0, 0.05) is 0 Å². The molecule has 3 aromatic rings. The van der Waals surface area contributed by atoms with Crippen molar-refractivity contribution in [2.75, 3.05) is 6.61 Å². The summed E-state index contributed by atoms with van der Waals surface area (Å²) >= 11 is 0. The first-order chi connectivity index (χ1) is 13.5.